The minimum atomic E-state index is -4.59. The number of rotatable bonds is 5. The summed E-state index contributed by atoms with van der Waals surface area (Å²) in [6.07, 6.45) is -4.59. The molecule has 0 aliphatic carbocycles. The average molecular weight is 434 g/mol. The van der Waals surface area contributed by atoms with Crippen LogP contribution in [0.5, 0.6) is 0 Å². The molecule has 1 aliphatic heterocycles. The minimum absolute atomic E-state index is 0.0808. The van der Waals surface area contributed by atoms with Crippen LogP contribution in [0, 0.1) is 0 Å². The van der Waals surface area contributed by atoms with Crippen LogP contribution in [0.4, 0.5) is 29.3 Å². The molecule has 1 aliphatic rings. The topological polar surface area (TPSA) is 81.8 Å². The first-order valence-electron chi connectivity index (χ1n) is 9.31. The van der Waals surface area contributed by atoms with Crippen molar-refractivity contribution in [1.29, 1.82) is 0 Å². The lowest BCUT2D eigenvalue weighted by molar-refractivity contribution is -0.137. The first-order valence-corrected chi connectivity index (χ1v) is 9.31. The number of amides is 4. The van der Waals surface area contributed by atoms with Gasteiger partial charge in [0, 0.05) is 14.1 Å². The zero-order chi connectivity index (χ0) is 23.0. The molecule has 3 rings (SSSR count). The smallest absolute Gasteiger partial charge is 0.376 e. The molecule has 2 aromatic rings. The van der Waals surface area contributed by atoms with Crippen LogP contribution in [0.3, 0.4) is 0 Å². The molecule has 1 atom stereocenters. The normalized spacial score (nSPS) is 18.7. The molecule has 2 aromatic carbocycles. The maximum absolute atomic E-state index is 13.1. The van der Waals surface area contributed by atoms with Crippen molar-refractivity contribution in [1.82, 2.24) is 10.2 Å². The van der Waals surface area contributed by atoms with Gasteiger partial charge < -0.3 is 15.5 Å². The maximum Gasteiger partial charge on any atom is 0.416 e. The Morgan fingerprint density at radius 2 is 1.77 bits per heavy atom. The summed E-state index contributed by atoms with van der Waals surface area (Å²) in [5.74, 6) is -1.43. The number of hydrogen-bond donors (Lipinski definition) is 2. The molecular formula is C21H21F3N4O3. The van der Waals surface area contributed by atoms with Gasteiger partial charge in [0.15, 0.2) is 0 Å². The molecule has 0 saturated carbocycles. The van der Waals surface area contributed by atoms with E-state index in [-0.39, 0.29) is 5.69 Å². The van der Waals surface area contributed by atoms with Crippen LogP contribution in [0.25, 0.3) is 0 Å². The number of urea groups is 1. The first-order chi connectivity index (χ1) is 14.4. The lowest BCUT2D eigenvalue weighted by atomic mass is 9.92. The molecule has 1 saturated heterocycles. The number of hydrogen-bond acceptors (Lipinski definition) is 4. The lowest BCUT2D eigenvalue weighted by Crippen LogP contribution is -2.42. The van der Waals surface area contributed by atoms with E-state index in [0.717, 1.165) is 17.0 Å². The Morgan fingerprint density at radius 1 is 1.13 bits per heavy atom. The van der Waals surface area contributed by atoms with Gasteiger partial charge in [-0.05, 0) is 30.7 Å². The van der Waals surface area contributed by atoms with E-state index < -0.39 is 41.7 Å². The Balaban J connectivity index is 1.81. The molecule has 10 heteroatoms. The molecule has 4 amide bonds. The molecule has 7 nitrogen and oxygen atoms in total. The average Bonchev–Trinajstić information content (AvgIpc) is 2.91. The van der Waals surface area contributed by atoms with E-state index in [0.29, 0.717) is 11.3 Å². The number of halogens is 3. The number of nitrogens with zero attached hydrogens (tertiary/aromatic N) is 2. The second-order valence-electron chi connectivity index (χ2n) is 7.48. The van der Waals surface area contributed by atoms with Crippen molar-refractivity contribution >= 4 is 29.2 Å². The van der Waals surface area contributed by atoms with Crippen LogP contribution in [0.2, 0.25) is 0 Å². The molecule has 1 fully saturated rings. The van der Waals surface area contributed by atoms with Gasteiger partial charge in [-0.2, -0.15) is 13.2 Å². The minimum Gasteiger partial charge on any atom is -0.376 e. The highest BCUT2D eigenvalue weighted by Crippen LogP contribution is 2.35. The van der Waals surface area contributed by atoms with Gasteiger partial charge in [-0.15, -0.1) is 0 Å². The molecule has 0 bridgehead atoms. The molecule has 0 radical (unpaired) electrons. The lowest BCUT2D eigenvalue weighted by Gasteiger charge is -2.22. The third-order valence-corrected chi connectivity index (χ3v) is 5.01. The second-order valence-corrected chi connectivity index (χ2v) is 7.48. The zero-order valence-corrected chi connectivity index (χ0v) is 17.1. The Morgan fingerprint density at radius 3 is 2.35 bits per heavy atom. The number of anilines is 2. The number of nitrogens with one attached hydrogen (secondary N) is 2. The summed E-state index contributed by atoms with van der Waals surface area (Å²) in [7, 11) is 3.22. The summed E-state index contributed by atoms with van der Waals surface area (Å²) in [5, 5.41) is 4.96. The summed E-state index contributed by atoms with van der Waals surface area (Å²) >= 11 is 0. The second kappa shape index (κ2) is 7.93. The highest BCUT2D eigenvalue weighted by molar-refractivity contribution is 6.10. The van der Waals surface area contributed by atoms with E-state index in [2.05, 4.69) is 10.6 Å². The Kier molecular flexibility index (Phi) is 5.66. The van der Waals surface area contributed by atoms with Crippen LogP contribution in [-0.2, 0) is 21.3 Å². The van der Waals surface area contributed by atoms with E-state index in [1.54, 1.807) is 44.4 Å². The molecule has 0 unspecified atom stereocenters. The summed E-state index contributed by atoms with van der Waals surface area (Å²) in [5.41, 5.74) is -1.47. The molecule has 31 heavy (non-hydrogen) atoms. The number of carbonyl (C=O) groups excluding carboxylic acids is 3. The van der Waals surface area contributed by atoms with Gasteiger partial charge in [-0.25, -0.2) is 4.79 Å². The third-order valence-electron chi connectivity index (χ3n) is 5.01. The predicted molar refractivity (Wildman–Crippen MR) is 108 cm³/mol. The zero-order valence-electron chi connectivity index (χ0n) is 17.1. The van der Waals surface area contributed by atoms with E-state index in [9.17, 15) is 27.6 Å². The number of imide groups is 1. The van der Waals surface area contributed by atoms with E-state index in [1.807, 2.05) is 0 Å². The van der Waals surface area contributed by atoms with E-state index in [4.69, 9.17) is 0 Å². The highest BCUT2D eigenvalue weighted by atomic mass is 19.4. The van der Waals surface area contributed by atoms with Gasteiger partial charge in [-0.3, -0.25) is 14.5 Å². The van der Waals surface area contributed by atoms with Crippen LogP contribution >= 0.6 is 0 Å². The van der Waals surface area contributed by atoms with Crippen LogP contribution < -0.4 is 15.5 Å². The molecule has 2 N–H and O–H groups in total. The Hall–Kier alpha value is -3.56. The van der Waals surface area contributed by atoms with Gasteiger partial charge in [0.25, 0.3) is 5.91 Å². The van der Waals surface area contributed by atoms with Gasteiger partial charge in [0.2, 0.25) is 5.91 Å². The van der Waals surface area contributed by atoms with Gasteiger partial charge in [-0.1, -0.05) is 30.3 Å². The summed E-state index contributed by atoms with van der Waals surface area (Å²) in [6, 6.07) is 10.7. The fourth-order valence-corrected chi connectivity index (χ4v) is 3.34. The summed E-state index contributed by atoms with van der Waals surface area (Å²) in [6.45, 7) is 0.883. The van der Waals surface area contributed by atoms with E-state index >= 15 is 0 Å². The molecule has 1 heterocycles. The van der Waals surface area contributed by atoms with Gasteiger partial charge in [0.05, 0.1) is 16.9 Å². The monoisotopic (exact) mass is 434 g/mol. The standard InChI is InChI=1S/C21H21F3N4O3/c1-20(13-7-5-4-6-8-13)18(30)28(19(31)26-20)12-17(29)25-15-11-14(21(22,23)24)9-10-16(15)27(2)3/h4-11H,12H2,1-3H3,(H,25,29)(H,26,31)/t20-/m0/s1. The van der Waals surface area contributed by atoms with Gasteiger partial charge in [0.1, 0.15) is 12.1 Å². The fraction of sp³-hybridized carbons (Fsp3) is 0.286. The van der Waals surface area contributed by atoms with E-state index in [1.165, 1.54) is 17.9 Å². The molecule has 0 aromatic heterocycles. The van der Waals surface area contributed by atoms with Crippen molar-refractivity contribution in [3.63, 3.8) is 0 Å². The number of benzene rings is 2. The largest absolute Gasteiger partial charge is 0.416 e. The highest BCUT2D eigenvalue weighted by Gasteiger charge is 2.49. The molecular weight excluding hydrogens is 413 g/mol. The van der Waals surface area contributed by atoms with Crippen LogP contribution in [0.15, 0.2) is 48.5 Å². The maximum atomic E-state index is 13.1. The van der Waals surface area contributed by atoms with Gasteiger partial charge >= 0.3 is 12.2 Å². The number of alkyl halides is 3. The van der Waals surface area contributed by atoms with Crippen molar-refractivity contribution in [3.05, 3.63) is 59.7 Å². The van der Waals surface area contributed by atoms with Crippen LogP contribution in [-0.4, -0.2) is 43.4 Å². The quantitative estimate of drug-likeness (QED) is 0.709. The van der Waals surface area contributed by atoms with Crippen LogP contribution in [0.1, 0.15) is 18.1 Å². The first kappa shape index (κ1) is 22.1. The molecule has 164 valence electrons. The Bertz CT molecular complexity index is 1020. The van der Waals surface area contributed by atoms with Crippen molar-refractivity contribution in [2.75, 3.05) is 30.9 Å². The summed E-state index contributed by atoms with van der Waals surface area (Å²) in [4.78, 5) is 40.1. The predicted octanol–water partition coefficient (Wildman–Crippen LogP) is 3.18. The third kappa shape index (κ3) is 4.32. The van der Waals surface area contributed by atoms with Crippen molar-refractivity contribution in [3.8, 4) is 0 Å². The Labute approximate surface area is 176 Å². The van der Waals surface area contributed by atoms with Crippen molar-refractivity contribution < 1.29 is 27.6 Å². The van der Waals surface area contributed by atoms with Crippen molar-refractivity contribution in [2.24, 2.45) is 0 Å². The SMILES string of the molecule is CN(C)c1ccc(C(F)(F)F)cc1NC(=O)CN1C(=O)N[C@@](C)(c2ccccc2)C1=O. The van der Waals surface area contributed by atoms with Crippen molar-refractivity contribution in [2.45, 2.75) is 18.6 Å². The fourth-order valence-electron chi connectivity index (χ4n) is 3.34. The molecule has 0 spiro atoms. The number of carbonyl (C=O) groups is 3. The summed E-state index contributed by atoms with van der Waals surface area (Å²) < 4.78 is 39.2.